The third-order valence-electron chi connectivity index (χ3n) is 3.84. The average molecular weight is 281 g/mol. The Bertz CT molecular complexity index is 307. The Hall–Kier alpha value is -0.330. The van der Waals surface area contributed by atoms with E-state index < -0.39 is 17.9 Å². The van der Waals surface area contributed by atoms with Crippen molar-refractivity contribution in [2.45, 2.75) is 63.6 Å². The number of alkyl halides is 3. The highest BCUT2D eigenvalue weighted by Crippen LogP contribution is 2.37. The predicted octanol–water partition coefficient (Wildman–Crippen LogP) is 2.85. The lowest BCUT2D eigenvalue weighted by molar-refractivity contribution is -0.183. The topological polar surface area (TPSA) is 30.5 Å². The molecule has 2 fully saturated rings. The molecular formula is C13H22F3NO2. The van der Waals surface area contributed by atoms with Crippen LogP contribution >= 0.6 is 0 Å². The van der Waals surface area contributed by atoms with Crippen LogP contribution in [0.4, 0.5) is 13.2 Å². The molecule has 19 heavy (non-hydrogen) atoms. The molecule has 0 aromatic heterocycles. The van der Waals surface area contributed by atoms with Gasteiger partial charge in [-0.2, -0.15) is 13.2 Å². The number of nitrogens with one attached hydrogen (secondary N) is 1. The Morgan fingerprint density at radius 3 is 2.58 bits per heavy atom. The summed E-state index contributed by atoms with van der Waals surface area (Å²) in [5.74, 6) is -1.73. The molecule has 2 rings (SSSR count). The lowest BCUT2D eigenvalue weighted by Gasteiger charge is -2.31. The van der Waals surface area contributed by atoms with Crippen LogP contribution < -0.4 is 5.32 Å². The van der Waals surface area contributed by atoms with E-state index in [1.54, 1.807) is 0 Å². The van der Waals surface area contributed by atoms with Crippen LogP contribution in [0.3, 0.4) is 0 Å². The second kappa shape index (κ2) is 5.58. The van der Waals surface area contributed by atoms with E-state index in [0.29, 0.717) is 19.6 Å². The fraction of sp³-hybridized carbons (Fsp3) is 1.00. The summed E-state index contributed by atoms with van der Waals surface area (Å²) < 4.78 is 49.1. The molecule has 112 valence electrons. The molecule has 1 saturated heterocycles. The molecule has 0 amide bonds. The summed E-state index contributed by atoms with van der Waals surface area (Å²) in [7, 11) is 0. The molecule has 3 nitrogen and oxygen atoms in total. The molecule has 3 unspecified atom stereocenters. The highest BCUT2D eigenvalue weighted by atomic mass is 19.4. The zero-order valence-electron chi connectivity index (χ0n) is 11.4. The highest BCUT2D eigenvalue weighted by Gasteiger charge is 2.42. The van der Waals surface area contributed by atoms with Crippen molar-refractivity contribution in [3.8, 4) is 0 Å². The van der Waals surface area contributed by atoms with Gasteiger partial charge in [-0.05, 0) is 33.1 Å². The fourth-order valence-corrected chi connectivity index (χ4v) is 2.83. The minimum atomic E-state index is -4.06. The van der Waals surface area contributed by atoms with Crippen molar-refractivity contribution in [2.75, 3.05) is 13.2 Å². The average Bonchev–Trinajstić information content (AvgIpc) is 2.66. The van der Waals surface area contributed by atoms with Gasteiger partial charge in [0.15, 0.2) is 5.79 Å². The van der Waals surface area contributed by atoms with E-state index in [9.17, 15) is 13.2 Å². The number of hydrogen-bond acceptors (Lipinski definition) is 3. The maximum atomic E-state index is 12.7. The number of halogens is 3. The third kappa shape index (κ3) is 4.33. The summed E-state index contributed by atoms with van der Waals surface area (Å²) in [5.41, 5.74) is 0. The summed E-state index contributed by atoms with van der Waals surface area (Å²) in [4.78, 5) is 0. The maximum Gasteiger partial charge on any atom is 0.391 e. The van der Waals surface area contributed by atoms with Gasteiger partial charge in [0.25, 0.3) is 0 Å². The number of ether oxygens (including phenoxy) is 2. The summed E-state index contributed by atoms with van der Waals surface area (Å²) in [5, 5.41) is 3.20. The van der Waals surface area contributed by atoms with E-state index in [2.05, 4.69) is 5.32 Å². The van der Waals surface area contributed by atoms with Crippen LogP contribution in [0, 0.1) is 5.92 Å². The standard InChI is InChI=1S/C13H22F3NO2/c1-12(2)18-8-11(19-12)7-17-10-5-3-4-9(6-10)13(14,15)16/h9-11,17H,3-8H2,1-2H3. The first-order chi connectivity index (χ1) is 8.76. The summed E-state index contributed by atoms with van der Waals surface area (Å²) in [6.07, 6.45) is -2.24. The Balaban J connectivity index is 1.74. The van der Waals surface area contributed by atoms with Gasteiger partial charge >= 0.3 is 6.18 Å². The van der Waals surface area contributed by atoms with Crippen molar-refractivity contribution in [1.82, 2.24) is 5.32 Å². The van der Waals surface area contributed by atoms with E-state index in [4.69, 9.17) is 9.47 Å². The largest absolute Gasteiger partial charge is 0.391 e. The summed E-state index contributed by atoms with van der Waals surface area (Å²) >= 11 is 0. The van der Waals surface area contributed by atoms with Gasteiger partial charge in [-0.1, -0.05) is 6.42 Å². The van der Waals surface area contributed by atoms with E-state index >= 15 is 0 Å². The molecule has 1 saturated carbocycles. The Morgan fingerprint density at radius 1 is 1.26 bits per heavy atom. The van der Waals surface area contributed by atoms with Crippen LogP contribution in [0.15, 0.2) is 0 Å². The molecule has 3 atom stereocenters. The van der Waals surface area contributed by atoms with Gasteiger partial charge in [-0.3, -0.25) is 0 Å². The molecule has 0 spiro atoms. The Morgan fingerprint density at radius 2 is 2.00 bits per heavy atom. The van der Waals surface area contributed by atoms with Gasteiger partial charge in [-0.15, -0.1) is 0 Å². The van der Waals surface area contributed by atoms with E-state index in [1.165, 1.54) is 0 Å². The van der Waals surface area contributed by atoms with Crippen molar-refractivity contribution in [3.63, 3.8) is 0 Å². The molecule has 1 N–H and O–H groups in total. The molecule has 6 heteroatoms. The van der Waals surface area contributed by atoms with E-state index in [0.717, 1.165) is 6.42 Å². The van der Waals surface area contributed by atoms with Gasteiger partial charge in [0.2, 0.25) is 0 Å². The van der Waals surface area contributed by atoms with Gasteiger partial charge in [-0.25, -0.2) is 0 Å². The molecule has 0 bridgehead atoms. The maximum absolute atomic E-state index is 12.7. The smallest absolute Gasteiger partial charge is 0.348 e. The zero-order chi connectivity index (χ0) is 14.1. The lowest BCUT2D eigenvalue weighted by atomic mass is 9.85. The second-order valence-electron chi connectivity index (χ2n) is 5.96. The predicted molar refractivity (Wildman–Crippen MR) is 64.7 cm³/mol. The lowest BCUT2D eigenvalue weighted by Crippen LogP contribution is -2.42. The molecule has 1 heterocycles. The monoisotopic (exact) mass is 281 g/mol. The van der Waals surface area contributed by atoms with E-state index in [-0.39, 0.29) is 25.0 Å². The normalized spacial score (nSPS) is 35.5. The van der Waals surface area contributed by atoms with Crippen LogP contribution in [0.2, 0.25) is 0 Å². The highest BCUT2D eigenvalue weighted by molar-refractivity contribution is 4.83. The second-order valence-corrected chi connectivity index (χ2v) is 5.96. The fourth-order valence-electron chi connectivity index (χ4n) is 2.83. The van der Waals surface area contributed by atoms with Crippen molar-refractivity contribution >= 4 is 0 Å². The third-order valence-corrected chi connectivity index (χ3v) is 3.84. The first-order valence-electron chi connectivity index (χ1n) is 6.88. The van der Waals surface area contributed by atoms with Crippen molar-refractivity contribution in [3.05, 3.63) is 0 Å². The minimum Gasteiger partial charge on any atom is -0.348 e. The van der Waals surface area contributed by atoms with Crippen LogP contribution in [0.5, 0.6) is 0 Å². The van der Waals surface area contributed by atoms with Crippen molar-refractivity contribution in [2.24, 2.45) is 5.92 Å². The SMILES string of the molecule is CC1(C)OCC(CNC2CCCC(C(F)(F)F)C2)O1. The van der Waals surface area contributed by atoms with E-state index in [1.807, 2.05) is 13.8 Å². The Labute approximate surface area is 111 Å². The number of rotatable bonds is 3. The van der Waals surface area contributed by atoms with Crippen molar-refractivity contribution in [1.29, 1.82) is 0 Å². The molecule has 1 aliphatic heterocycles. The van der Waals surface area contributed by atoms with Gasteiger partial charge in [0.1, 0.15) is 0 Å². The Kier molecular flexibility index (Phi) is 4.42. The van der Waals surface area contributed by atoms with Crippen LogP contribution in [-0.4, -0.2) is 37.3 Å². The van der Waals surface area contributed by atoms with Gasteiger partial charge < -0.3 is 14.8 Å². The molecule has 0 radical (unpaired) electrons. The van der Waals surface area contributed by atoms with Crippen molar-refractivity contribution < 1.29 is 22.6 Å². The molecule has 0 aromatic rings. The van der Waals surface area contributed by atoms with Gasteiger partial charge in [0.05, 0.1) is 18.6 Å². The quantitative estimate of drug-likeness (QED) is 0.863. The van der Waals surface area contributed by atoms with Crippen LogP contribution in [0.1, 0.15) is 39.5 Å². The molecule has 2 aliphatic rings. The first-order valence-corrected chi connectivity index (χ1v) is 6.88. The minimum absolute atomic E-state index is 0.0623. The van der Waals surface area contributed by atoms with Crippen LogP contribution in [-0.2, 0) is 9.47 Å². The van der Waals surface area contributed by atoms with Gasteiger partial charge in [0, 0.05) is 12.6 Å². The van der Waals surface area contributed by atoms with Crippen LogP contribution in [0.25, 0.3) is 0 Å². The number of hydrogen-bond donors (Lipinski definition) is 1. The zero-order valence-corrected chi connectivity index (χ0v) is 11.4. The molecule has 0 aromatic carbocycles. The molecular weight excluding hydrogens is 259 g/mol. The summed E-state index contributed by atoms with van der Waals surface area (Å²) in [6, 6.07) is -0.0623. The first kappa shape index (κ1) is 15.1. The molecule has 1 aliphatic carbocycles. The summed E-state index contributed by atoms with van der Waals surface area (Å²) in [6.45, 7) is 4.73.